The minimum absolute atomic E-state index is 0.0929. The van der Waals surface area contributed by atoms with Gasteiger partial charge in [-0.1, -0.05) is 17.3 Å². The van der Waals surface area contributed by atoms with Crippen LogP contribution in [0.25, 0.3) is 11.0 Å². The van der Waals surface area contributed by atoms with Crippen molar-refractivity contribution in [3.8, 4) is 0 Å². The van der Waals surface area contributed by atoms with Crippen LogP contribution in [0.3, 0.4) is 0 Å². The normalized spacial score (nSPS) is 17.9. The minimum atomic E-state index is 0.0929. The fourth-order valence-corrected chi connectivity index (χ4v) is 3.23. The predicted molar refractivity (Wildman–Crippen MR) is 84.5 cm³/mol. The maximum atomic E-state index is 12.7. The highest BCUT2D eigenvalue weighted by molar-refractivity contribution is 5.80. The van der Waals surface area contributed by atoms with Crippen molar-refractivity contribution in [1.82, 2.24) is 29.7 Å². The SMILES string of the molecule is O=C(Cn1nnc2ccccc21)N1CCC[C@@H]1Cn1cccn1. The van der Waals surface area contributed by atoms with Gasteiger partial charge < -0.3 is 4.90 Å². The fourth-order valence-electron chi connectivity index (χ4n) is 3.23. The molecule has 1 aromatic carbocycles. The van der Waals surface area contributed by atoms with Gasteiger partial charge in [0.1, 0.15) is 12.1 Å². The summed E-state index contributed by atoms with van der Waals surface area (Å²) in [6.07, 6.45) is 5.76. The molecule has 1 saturated heterocycles. The predicted octanol–water partition coefficient (Wildman–Crippen LogP) is 1.32. The molecule has 2 aromatic heterocycles. The summed E-state index contributed by atoms with van der Waals surface area (Å²) in [6.45, 7) is 1.78. The van der Waals surface area contributed by atoms with Gasteiger partial charge in [-0.3, -0.25) is 9.48 Å². The Balaban J connectivity index is 1.49. The summed E-state index contributed by atoms with van der Waals surface area (Å²) in [6, 6.07) is 9.81. The van der Waals surface area contributed by atoms with E-state index in [0.29, 0.717) is 0 Å². The monoisotopic (exact) mass is 310 g/mol. The highest BCUT2D eigenvalue weighted by Gasteiger charge is 2.29. The molecule has 1 aliphatic rings. The highest BCUT2D eigenvalue weighted by atomic mass is 16.2. The van der Waals surface area contributed by atoms with Gasteiger partial charge in [0, 0.05) is 18.9 Å². The number of para-hydroxylation sites is 1. The number of carbonyl (C=O) groups is 1. The van der Waals surface area contributed by atoms with Crippen molar-refractivity contribution in [1.29, 1.82) is 0 Å². The van der Waals surface area contributed by atoms with Crippen LogP contribution in [0.2, 0.25) is 0 Å². The van der Waals surface area contributed by atoms with Crippen LogP contribution in [0.15, 0.2) is 42.7 Å². The molecule has 7 nitrogen and oxygen atoms in total. The van der Waals surface area contributed by atoms with Gasteiger partial charge in [-0.2, -0.15) is 5.10 Å². The van der Waals surface area contributed by atoms with Crippen molar-refractivity contribution in [3.63, 3.8) is 0 Å². The van der Waals surface area contributed by atoms with E-state index in [1.807, 2.05) is 46.1 Å². The van der Waals surface area contributed by atoms with Gasteiger partial charge in [-0.25, -0.2) is 4.68 Å². The second-order valence-corrected chi connectivity index (χ2v) is 5.85. The van der Waals surface area contributed by atoms with E-state index in [1.54, 1.807) is 10.9 Å². The average molecular weight is 310 g/mol. The molecule has 0 spiro atoms. The molecule has 3 aromatic rings. The number of carbonyl (C=O) groups excluding carboxylic acids is 1. The second kappa shape index (κ2) is 5.83. The van der Waals surface area contributed by atoms with Crippen molar-refractivity contribution in [3.05, 3.63) is 42.7 Å². The molecule has 7 heteroatoms. The number of fused-ring (bicyclic) bond motifs is 1. The number of hydrogen-bond donors (Lipinski definition) is 0. The molecule has 4 rings (SSSR count). The maximum absolute atomic E-state index is 12.7. The Bertz CT molecular complexity index is 809. The first-order valence-corrected chi connectivity index (χ1v) is 7.86. The summed E-state index contributed by atoms with van der Waals surface area (Å²) in [4.78, 5) is 14.7. The molecule has 23 heavy (non-hydrogen) atoms. The first-order chi connectivity index (χ1) is 11.3. The largest absolute Gasteiger partial charge is 0.336 e. The van der Waals surface area contributed by atoms with Gasteiger partial charge in [0.2, 0.25) is 5.91 Å². The highest BCUT2D eigenvalue weighted by Crippen LogP contribution is 2.20. The second-order valence-electron chi connectivity index (χ2n) is 5.85. The molecule has 0 N–H and O–H groups in total. The minimum Gasteiger partial charge on any atom is -0.336 e. The zero-order valence-electron chi connectivity index (χ0n) is 12.7. The lowest BCUT2D eigenvalue weighted by Crippen LogP contribution is -2.40. The molecule has 1 amide bonds. The van der Waals surface area contributed by atoms with Crippen LogP contribution >= 0.6 is 0 Å². The molecule has 0 radical (unpaired) electrons. The lowest BCUT2D eigenvalue weighted by Gasteiger charge is -2.24. The van der Waals surface area contributed by atoms with Gasteiger partial charge >= 0.3 is 0 Å². The van der Waals surface area contributed by atoms with Crippen LogP contribution in [0.5, 0.6) is 0 Å². The zero-order chi connectivity index (χ0) is 15.6. The fraction of sp³-hybridized carbons (Fsp3) is 0.375. The van der Waals surface area contributed by atoms with Gasteiger partial charge in [0.25, 0.3) is 0 Å². The smallest absolute Gasteiger partial charge is 0.244 e. The summed E-state index contributed by atoms with van der Waals surface area (Å²) in [5, 5.41) is 12.5. The van der Waals surface area contributed by atoms with E-state index >= 15 is 0 Å². The number of aromatic nitrogens is 5. The average Bonchev–Trinajstić information content (AvgIpc) is 3.29. The van der Waals surface area contributed by atoms with Gasteiger partial charge in [0.05, 0.1) is 18.1 Å². The molecule has 0 aliphatic carbocycles. The third-order valence-electron chi connectivity index (χ3n) is 4.36. The quantitative estimate of drug-likeness (QED) is 0.729. The number of likely N-dealkylation sites (tertiary alicyclic amines) is 1. The third kappa shape index (κ3) is 2.69. The number of rotatable bonds is 4. The van der Waals surface area contributed by atoms with E-state index in [1.165, 1.54) is 0 Å². The van der Waals surface area contributed by atoms with E-state index in [4.69, 9.17) is 0 Å². The van der Waals surface area contributed by atoms with Crippen LogP contribution in [-0.4, -0.2) is 48.2 Å². The molecule has 0 saturated carbocycles. The summed E-state index contributed by atoms with van der Waals surface area (Å²) in [7, 11) is 0. The molecule has 1 atom stereocenters. The Labute approximate surface area is 133 Å². The van der Waals surface area contributed by atoms with Crippen molar-refractivity contribution in [2.24, 2.45) is 0 Å². The first kappa shape index (κ1) is 13.9. The number of benzene rings is 1. The van der Waals surface area contributed by atoms with Gasteiger partial charge in [0.15, 0.2) is 0 Å². The summed E-state index contributed by atoms with van der Waals surface area (Å²) >= 11 is 0. The zero-order valence-corrected chi connectivity index (χ0v) is 12.7. The number of hydrogen-bond acceptors (Lipinski definition) is 4. The number of amides is 1. The number of nitrogens with zero attached hydrogens (tertiary/aromatic N) is 6. The molecule has 0 bridgehead atoms. The van der Waals surface area contributed by atoms with Crippen molar-refractivity contribution in [2.75, 3.05) is 6.54 Å². The van der Waals surface area contributed by atoms with Gasteiger partial charge in [-0.15, -0.1) is 5.10 Å². The van der Waals surface area contributed by atoms with E-state index in [9.17, 15) is 4.79 Å². The molecule has 1 aliphatic heterocycles. The van der Waals surface area contributed by atoms with Crippen LogP contribution < -0.4 is 0 Å². The van der Waals surface area contributed by atoms with E-state index < -0.39 is 0 Å². The Morgan fingerprint density at radius 3 is 3.04 bits per heavy atom. The van der Waals surface area contributed by atoms with Crippen molar-refractivity contribution in [2.45, 2.75) is 32.0 Å². The lowest BCUT2D eigenvalue weighted by atomic mass is 10.2. The van der Waals surface area contributed by atoms with Crippen LogP contribution in [-0.2, 0) is 17.9 Å². The van der Waals surface area contributed by atoms with Crippen LogP contribution in [0.1, 0.15) is 12.8 Å². The van der Waals surface area contributed by atoms with Crippen LogP contribution in [0.4, 0.5) is 0 Å². The summed E-state index contributed by atoms with van der Waals surface area (Å²) in [5.74, 6) is 0.0929. The molecule has 0 unspecified atom stereocenters. The van der Waals surface area contributed by atoms with E-state index in [0.717, 1.165) is 37.0 Å². The third-order valence-corrected chi connectivity index (χ3v) is 4.36. The molecular weight excluding hydrogens is 292 g/mol. The Hall–Kier alpha value is -2.70. The van der Waals surface area contributed by atoms with Gasteiger partial charge in [-0.05, 0) is 31.0 Å². The van der Waals surface area contributed by atoms with Crippen LogP contribution in [0, 0.1) is 0 Å². The summed E-state index contributed by atoms with van der Waals surface area (Å²) < 4.78 is 3.57. The van der Waals surface area contributed by atoms with E-state index in [-0.39, 0.29) is 18.5 Å². The lowest BCUT2D eigenvalue weighted by molar-refractivity contribution is -0.133. The molecule has 3 heterocycles. The molecular formula is C16H18N6O. The van der Waals surface area contributed by atoms with Crippen molar-refractivity contribution < 1.29 is 4.79 Å². The van der Waals surface area contributed by atoms with E-state index in [2.05, 4.69) is 15.4 Å². The maximum Gasteiger partial charge on any atom is 0.244 e. The summed E-state index contributed by atoms with van der Waals surface area (Å²) in [5.41, 5.74) is 1.71. The first-order valence-electron chi connectivity index (χ1n) is 7.86. The Morgan fingerprint density at radius 2 is 2.17 bits per heavy atom. The Kier molecular flexibility index (Phi) is 3.53. The Morgan fingerprint density at radius 1 is 1.26 bits per heavy atom. The molecule has 1 fully saturated rings. The standard InChI is InChI=1S/C16H18N6O/c23-16(12-22-15-7-2-1-6-14(15)18-19-22)21-10-3-5-13(21)11-20-9-4-8-17-20/h1-2,4,6-9,13H,3,5,10-12H2/t13-/m1/s1. The topological polar surface area (TPSA) is 68.8 Å². The molecule has 118 valence electrons. The van der Waals surface area contributed by atoms with Crippen molar-refractivity contribution >= 4 is 16.9 Å².